The average molecular weight is 484 g/mol. The molecule has 0 radical (unpaired) electrons. The van der Waals surface area contributed by atoms with Crippen molar-refractivity contribution in [3.05, 3.63) is 107 Å². The molecule has 0 aliphatic carbocycles. The smallest absolute Gasteiger partial charge is 0.262 e. The van der Waals surface area contributed by atoms with E-state index >= 15 is 0 Å². The molecule has 1 amide bonds. The van der Waals surface area contributed by atoms with E-state index in [-0.39, 0.29) is 29.4 Å². The number of benzene rings is 3. The van der Waals surface area contributed by atoms with Crippen molar-refractivity contribution in [3.8, 4) is 23.0 Å². The maximum Gasteiger partial charge on any atom is 0.262 e. The maximum atomic E-state index is 13.7. The standard InChI is InChI=1S/C28H25N3O5/c1-18-23(32)10-24(33)26(27(18)36-15-19-6-3-2-4-7-19)28(34)31-13-21-8-5-9-25(22(21)14-31)35-16-20-11-29-17-30-12-20/h2-12,17,32-33H,13-16H2,1H3. The van der Waals surface area contributed by atoms with E-state index in [1.54, 1.807) is 24.2 Å². The number of hydrogen-bond acceptors (Lipinski definition) is 7. The van der Waals surface area contributed by atoms with E-state index in [0.29, 0.717) is 31.0 Å². The minimum absolute atomic E-state index is 0.0259. The van der Waals surface area contributed by atoms with Gasteiger partial charge in [-0.05, 0) is 24.1 Å². The zero-order chi connectivity index (χ0) is 25.1. The molecule has 1 aliphatic rings. The van der Waals surface area contributed by atoms with E-state index in [4.69, 9.17) is 9.47 Å². The van der Waals surface area contributed by atoms with Gasteiger partial charge in [-0.25, -0.2) is 9.97 Å². The molecule has 8 nitrogen and oxygen atoms in total. The summed E-state index contributed by atoms with van der Waals surface area (Å²) in [6.45, 7) is 2.82. The van der Waals surface area contributed by atoms with Gasteiger partial charge in [-0.3, -0.25) is 4.79 Å². The molecule has 8 heteroatoms. The highest BCUT2D eigenvalue weighted by atomic mass is 16.5. The largest absolute Gasteiger partial charge is 0.507 e. The zero-order valence-electron chi connectivity index (χ0n) is 19.7. The number of aromatic nitrogens is 2. The Morgan fingerprint density at radius 3 is 2.44 bits per heavy atom. The lowest BCUT2D eigenvalue weighted by molar-refractivity contribution is 0.0742. The van der Waals surface area contributed by atoms with Crippen LogP contribution >= 0.6 is 0 Å². The molecule has 1 aromatic heterocycles. The number of nitrogens with zero attached hydrogens (tertiary/aromatic N) is 3. The van der Waals surface area contributed by atoms with Crippen molar-refractivity contribution in [3.63, 3.8) is 0 Å². The maximum absolute atomic E-state index is 13.7. The average Bonchev–Trinajstić information content (AvgIpc) is 3.35. The van der Waals surface area contributed by atoms with Crippen molar-refractivity contribution in [1.82, 2.24) is 14.9 Å². The number of hydrogen-bond donors (Lipinski definition) is 2. The molecule has 0 bridgehead atoms. The summed E-state index contributed by atoms with van der Waals surface area (Å²) >= 11 is 0. The fourth-order valence-corrected chi connectivity index (χ4v) is 4.24. The van der Waals surface area contributed by atoms with E-state index in [9.17, 15) is 15.0 Å². The first-order valence-corrected chi connectivity index (χ1v) is 11.5. The van der Waals surface area contributed by atoms with Gasteiger partial charge in [0.05, 0.1) is 6.54 Å². The van der Waals surface area contributed by atoms with Crippen molar-refractivity contribution in [2.24, 2.45) is 0 Å². The molecule has 5 rings (SSSR count). The Morgan fingerprint density at radius 2 is 1.67 bits per heavy atom. The van der Waals surface area contributed by atoms with E-state index in [2.05, 4.69) is 9.97 Å². The summed E-state index contributed by atoms with van der Waals surface area (Å²) in [5, 5.41) is 21.0. The molecular formula is C28H25N3O5. The van der Waals surface area contributed by atoms with Crippen LogP contribution in [0.5, 0.6) is 23.0 Å². The third kappa shape index (κ3) is 4.65. The summed E-state index contributed by atoms with van der Waals surface area (Å²) in [6, 6.07) is 16.4. The first-order chi connectivity index (χ1) is 17.5. The molecule has 2 heterocycles. The van der Waals surface area contributed by atoms with Crippen LogP contribution < -0.4 is 9.47 Å². The van der Waals surface area contributed by atoms with E-state index in [0.717, 1.165) is 22.3 Å². The Bertz CT molecular complexity index is 1390. The van der Waals surface area contributed by atoms with Gasteiger partial charge in [0.1, 0.15) is 48.1 Å². The Labute approximate surface area is 208 Å². The van der Waals surface area contributed by atoms with Crippen LogP contribution in [-0.4, -0.2) is 31.0 Å². The van der Waals surface area contributed by atoms with Gasteiger partial charge in [0.25, 0.3) is 5.91 Å². The molecule has 4 aromatic rings. The number of aromatic hydroxyl groups is 2. The van der Waals surface area contributed by atoms with Crippen LogP contribution in [0.1, 0.15) is 38.2 Å². The monoisotopic (exact) mass is 483 g/mol. The first-order valence-electron chi connectivity index (χ1n) is 11.5. The molecule has 0 spiro atoms. The van der Waals surface area contributed by atoms with Gasteiger partial charge >= 0.3 is 0 Å². The van der Waals surface area contributed by atoms with Crippen molar-refractivity contribution < 1.29 is 24.5 Å². The van der Waals surface area contributed by atoms with Crippen molar-refractivity contribution in [1.29, 1.82) is 0 Å². The number of fused-ring (bicyclic) bond motifs is 1. The third-order valence-electron chi connectivity index (χ3n) is 6.16. The van der Waals surface area contributed by atoms with Crippen LogP contribution in [-0.2, 0) is 26.3 Å². The lowest BCUT2D eigenvalue weighted by atomic mass is 10.1. The predicted octanol–water partition coefficient (Wildman–Crippen LogP) is 4.51. The van der Waals surface area contributed by atoms with Crippen molar-refractivity contribution >= 4 is 5.91 Å². The van der Waals surface area contributed by atoms with Crippen LogP contribution in [0.2, 0.25) is 0 Å². The molecule has 0 atom stereocenters. The topological polar surface area (TPSA) is 105 Å². The van der Waals surface area contributed by atoms with Crippen molar-refractivity contribution in [2.75, 3.05) is 0 Å². The van der Waals surface area contributed by atoms with Crippen molar-refractivity contribution in [2.45, 2.75) is 33.2 Å². The molecule has 0 saturated heterocycles. The van der Waals surface area contributed by atoms with Gasteiger partial charge in [-0.15, -0.1) is 0 Å². The minimum atomic E-state index is -0.391. The molecular weight excluding hydrogens is 458 g/mol. The predicted molar refractivity (Wildman–Crippen MR) is 132 cm³/mol. The van der Waals surface area contributed by atoms with Gasteiger partial charge in [0.2, 0.25) is 0 Å². The van der Waals surface area contributed by atoms with Gasteiger partial charge in [0.15, 0.2) is 0 Å². The molecule has 1 aliphatic heterocycles. The number of phenols is 2. The normalized spacial score (nSPS) is 12.3. The Kier molecular flexibility index (Phi) is 6.40. The molecule has 182 valence electrons. The fraction of sp³-hybridized carbons (Fsp3) is 0.179. The van der Waals surface area contributed by atoms with Crippen LogP contribution in [0, 0.1) is 6.92 Å². The van der Waals surface area contributed by atoms with Crippen LogP contribution in [0.4, 0.5) is 0 Å². The van der Waals surface area contributed by atoms with Crippen LogP contribution in [0.25, 0.3) is 0 Å². The lowest BCUT2D eigenvalue weighted by Gasteiger charge is -2.21. The molecule has 2 N–H and O–H groups in total. The molecule has 0 fully saturated rings. The minimum Gasteiger partial charge on any atom is -0.507 e. The van der Waals surface area contributed by atoms with E-state index in [1.807, 2.05) is 48.5 Å². The van der Waals surface area contributed by atoms with Gasteiger partial charge in [0, 0.05) is 41.7 Å². The third-order valence-corrected chi connectivity index (χ3v) is 6.16. The van der Waals surface area contributed by atoms with E-state index < -0.39 is 5.91 Å². The highest BCUT2D eigenvalue weighted by molar-refractivity contribution is 6.00. The summed E-state index contributed by atoms with van der Waals surface area (Å²) in [4.78, 5) is 23.3. The Balaban J connectivity index is 1.39. The number of phenolic OH excluding ortho intramolecular Hbond substituents is 2. The molecule has 0 unspecified atom stereocenters. The summed E-state index contributed by atoms with van der Waals surface area (Å²) in [6.07, 6.45) is 4.85. The summed E-state index contributed by atoms with van der Waals surface area (Å²) in [7, 11) is 0. The van der Waals surface area contributed by atoms with Crippen LogP contribution in [0.3, 0.4) is 0 Å². The summed E-state index contributed by atoms with van der Waals surface area (Å²) in [5.74, 6) is -0.0199. The van der Waals surface area contributed by atoms with Gasteiger partial charge < -0.3 is 24.6 Å². The fourth-order valence-electron chi connectivity index (χ4n) is 4.24. The molecule has 0 saturated carbocycles. The first kappa shape index (κ1) is 23.2. The number of amides is 1. The lowest BCUT2D eigenvalue weighted by Crippen LogP contribution is -2.26. The second-order valence-electron chi connectivity index (χ2n) is 8.61. The Hall–Kier alpha value is -4.59. The highest BCUT2D eigenvalue weighted by Gasteiger charge is 2.32. The second-order valence-corrected chi connectivity index (χ2v) is 8.61. The van der Waals surface area contributed by atoms with Gasteiger partial charge in [-0.1, -0.05) is 42.5 Å². The SMILES string of the molecule is Cc1c(O)cc(O)c(C(=O)N2Cc3cccc(OCc4cncnc4)c3C2)c1OCc1ccccc1. The second kappa shape index (κ2) is 9.95. The van der Waals surface area contributed by atoms with Crippen LogP contribution in [0.15, 0.2) is 73.3 Å². The quantitative estimate of drug-likeness (QED) is 0.398. The Morgan fingerprint density at radius 1 is 0.917 bits per heavy atom. The summed E-state index contributed by atoms with van der Waals surface area (Å²) in [5.41, 5.74) is 4.02. The summed E-state index contributed by atoms with van der Waals surface area (Å²) < 4.78 is 12.0. The number of ether oxygens (including phenoxy) is 2. The van der Waals surface area contributed by atoms with E-state index in [1.165, 1.54) is 12.4 Å². The zero-order valence-corrected chi connectivity index (χ0v) is 19.7. The highest BCUT2D eigenvalue weighted by Crippen LogP contribution is 2.41. The number of rotatable bonds is 7. The number of carbonyl (C=O) groups is 1. The van der Waals surface area contributed by atoms with Gasteiger partial charge in [-0.2, -0.15) is 0 Å². The molecule has 36 heavy (non-hydrogen) atoms. The molecule has 3 aromatic carbocycles. The number of carbonyl (C=O) groups excluding carboxylic acids is 1.